The highest BCUT2D eigenvalue weighted by atomic mass is 79.9. The number of aryl methyl sites for hydroxylation is 1. The van der Waals surface area contributed by atoms with Gasteiger partial charge in [0.1, 0.15) is 16.2 Å². The van der Waals surface area contributed by atoms with E-state index in [9.17, 15) is 0 Å². The van der Waals surface area contributed by atoms with Crippen LogP contribution in [0.15, 0.2) is 10.7 Å². The van der Waals surface area contributed by atoms with Crippen LogP contribution in [0.1, 0.15) is 64.1 Å². The number of anilines is 1. The molecular weight excluding hydrogens is 326 g/mol. The molecule has 0 radical (unpaired) electrons. The lowest BCUT2D eigenvalue weighted by Gasteiger charge is -2.44. The predicted molar refractivity (Wildman–Crippen MR) is 90.7 cm³/mol. The third-order valence-corrected chi connectivity index (χ3v) is 5.67. The van der Waals surface area contributed by atoms with Crippen molar-refractivity contribution in [2.24, 2.45) is 5.41 Å². The van der Waals surface area contributed by atoms with Crippen molar-refractivity contribution in [3.8, 4) is 0 Å². The van der Waals surface area contributed by atoms with Gasteiger partial charge in [0.05, 0.1) is 0 Å². The first kappa shape index (κ1) is 15.3. The second kappa shape index (κ2) is 6.64. The molecule has 116 valence electrons. The number of piperidine rings is 1. The molecule has 1 saturated heterocycles. The fourth-order valence-electron chi connectivity index (χ4n) is 3.96. The molecule has 0 unspecified atom stereocenters. The maximum absolute atomic E-state index is 4.77. The minimum absolute atomic E-state index is 0.658. The van der Waals surface area contributed by atoms with Gasteiger partial charge in [0, 0.05) is 25.6 Å². The summed E-state index contributed by atoms with van der Waals surface area (Å²) in [6.07, 6.45) is 12.0. The normalized spacial score (nSPS) is 21.7. The smallest absolute Gasteiger partial charge is 0.133 e. The molecule has 0 aromatic carbocycles. The van der Waals surface area contributed by atoms with Crippen molar-refractivity contribution >= 4 is 21.7 Å². The van der Waals surface area contributed by atoms with Crippen LogP contribution in [0.2, 0.25) is 0 Å². The molecule has 2 heterocycles. The standard InChI is InChI=1S/C17H26BrN3/c1-2-6-15-19-14(18)13-16(20-15)21-11-9-17(10-12-21)7-4-3-5-8-17/h13H,2-12H2,1H3. The summed E-state index contributed by atoms with van der Waals surface area (Å²) in [7, 11) is 0. The Morgan fingerprint density at radius 1 is 1.10 bits per heavy atom. The zero-order valence-electron chi connectivity index (χ0n) is 13.1. The average Bonchev–Trinajstić information content (AvgIpc) is 2.48. The van der Waals surface area contributed by atoms with Crippen molar-refractivity contribution in [3.63, 3.8) is 0 Å². The van der Waals surface area contributed by atoms with E-state index < -0.39 is 0 Å². The molecule has 1 aromatic rings. The molecule has 1 spiro atoms. The van der Waals surface area contributed by atoms with E-state index >= 15 is 0 Å². The molecule has 1 aliphatic carbocycles. The highest BCUT2D eigenvalue weighted by Crippen LogP contribution is 2.45. The van der Waals surface area contributed by atoms with Crippen molar-refractivity contribution in [2.75, 3.05) is 18.0 Å². The van der Waals surface area contributed by atoms with Crippen LogP contribution in [0.4, 0.5) is 5.82 Å². The Morgan fingerprint density at radius 3 is 2.48 bits per heavy atom. The molecule has 0 N–H and O–H groups in total. The Morgan fingerprint density at radius 2 is 1.81 bits per heavy atom. The molecule has 3 rings (SSSR count). The lowest BCUT2D eigenvalue weighted by molar-refractivity contribution is 0.144. The second-order valence-corrected chi connectivity index (χ2v) is 7.58. The van der Waals surface area contributed by atoms with E-state index in [-0.39, 0.29) is 0 Å². The molecule has 0 atom stereocenters. The van der Waals surface area contributed by atoms with E-state index in [4.69, 9.17) is 4.98 Å². The number of halogens is 1. The number of nitrogens with zero attached hydrogens (tertiary/aromatic N) is 3. The summed E-state index contributed by atoms with van der Waals surface area (Å²) in [4.78, 5) is 11.7. The van der Waals surface area contributed by atoms with Gasteiger partial charge in [-0.3, -0.25) is 0 Å². The third kappa shape index (κ3) is 3.58. The molecule has 1 saturated carbocycles. The van der Waals surface area contributed by atoms with Gasteiger partial charge in [0.2, 0.25) is 0 Å². The summed E-state index contributed by atoms with van der Waals surface area (Å²) >= 11 is 3.54. The van der Waals surface area contributed by atoms with Crippen molar-refractivity contribution in [1.82, 2.24) is 9.97 Å². The van der Waals surface area contributed by atoms with Gasteiger partial charge < -0.3 is 4.90 Å². The first-order valence-corrected chi connectivity index (χ1v) is 9.28. The van der Waals surface area contributed by atoms with Crippen LogP contribution < -0.4 is 4.90 Å². The number of hydrogen-bond donors (Lipinski definition) is 0. The summed E-state index contributed by atoms with van der Waals surface area (Å²) in [5, 5.41) is 0. The Labute approximate surface area is 136 Å². The summed E-state index contributed by atoms with van der Waals surface area (Å²) in [6, 6.07) is 2.08. The summed E-state index contributed by atoms with van der Waals surface area (Å²) in [6.45, 7) is 4.50. The molecule has 21 heavy (non-hydrogen) atoms. The van der Waals surface area contributed by atoms with E-state index in [1.54, 1.807) is 0 Å². The summed E-state index contributed by atoms with van der Waals surface area (Å²) in [5.41, 5.74) is 0.658. The highest BCUT2D eigenvalue weighted by molar-refractivity contribution is 9.10. The van der Waals surface area contributed by atoms with Crippen LogP contribution in [-0.2, 0) is 6.42 Å². The van der Waals surface area contributed by atoms with Gasteiger partial charge in [-0.2, -0.15) is 0 Å². The van der Waals surface area contributed by atoms with Gasteiger partial charge in [-0.25, -0.2) is 9.97 Å². The molecule has 1 aromatic heterocycles. The van der Waals surface area contributed by atoms with Gasteiger partial charge in [-0.1, -0.05) is 26.2 Å². The van der Waals surface area contributed by atoms with E-state index in [1.807, 2.05) is 0 Å². The highest BCUT2D eigenvalue weighted by Gasteiger charge is 2.35. The number of hydrogen-bond acceptors (Lipinski definition) is 3. The molecule has 4 heteroatoms. The summed E-state index contributed by atoms with van der Waals surface area (Å²) in [5.74, 6) is 2.09. The monoisotopic (exact) mass is 351 g/mol. The van der Waals surface area contributed by atoms with Crippen LogP contribution in [-0.4, -0.2) is 23.1 Å². The van der Waals surface area contributed by atoms with E-state index in [1.165, 1.54) is 44.9 Å². The van der Waals surface area contributed by atoms with Crippen molar-refractivity contribution in [1.29, 1.82) is 0 Å². The topological polar surface area (TPSA) is 29.0 Å². The Balaban J connectivity index is 1.68. The zero-order chi connectivity index (χ0) is 14.7. The predicted octanol–water partition coefficient (Wildman–Crippen LogP) is 4.74. The molecule has 1 aliphatic heterocycles. The third-order valence-electron chi connectivity index (χ3n) is 5.26. The van der Waals surface area contributed by atoms with Gasteiger partial charge >= 0.3 is 0 Å². The Kier molecular flexibility index (Phi) is 4.82. The van der Waals surface area contributed by atoms with Crippen molar-refractivity contribution in [3.05, 3.63) is 16.5 Å². The van der Waals surface area contributed by atoms with Crippen molar-refractivity contribution < 1.29 is 0 Å². The van der Waals surface area contributed by atoms with Gasteiger partial charge in [-0.15, -0.1) is 0 Å². The molecule has 0 bridgehead atoms. The largest absolute Gasteiger partial charge is 0.356 e. The van der Waals surface area contributed by atoms with Crippen LogP contribution in [0.3, 0.4) is 0 Å². The Hall–Kier alpha value is -0.640. The quantitative estimate of drug-likeness (QED) is 0.736. The van der Waals surface area contributed by atoms with E-state index in [0.29, 0.717) is 5.41 Å². The van der Waals surface area contributed by atoms with Crippen LogP contribution in [0.25, 0.3) is 0 Å². The molecule has 2 aliphatic rings. The summed E-state index contributed by atoms with van der Waals surface area (Å²) < 4.78 is 0.925. The first-order valence-electron chi connectivity index (χ1n) is 8.49. The number of rotatable bonds is 3. The van der Waals surface area contributed by atoms with E-state index in [2.05, 4.69) is 38.8 Å². The van der Waals surface area contributed by atoms with Crippen molar-refractivity contribution in [2.45, 2.75) is 64.7 Å². The van der Waals surface area contributed by atoms with E-state index in [0.717, 1.165) is 42.2 Å². The minimum atomic E-state index is 0.658. The fraction of sp³-hybridized carbons (Fsp3) is 0.765. The zero-order valence-corrected chi connectivity index (χ0v) is 14.7. The van der Waals surface area contributed by atoms with Crippen LogP contribution >= 0.6 is 15.9 Å². The van der Waals surface area contributed by atoms with Gasteiger partial charge in [-0.05, 0) is 53.4 Å². The number of aromatic nitrogens is 2. The van der Waals surface area contributed by atoms with Gasteiger partial charge in [0.15, 0.2) is 0 Å². The van der Waals surface area contributed by atoms with Crippen LogP contribution in [0.5, 0.6) is 0 Å². The lowest BCUT2D eigenvalue weighted by atomic mass is 9.68. The average molecular weight is 352 g/mol. The lowest BCUT2D eigenvalue weighted by Crippen LogP contribution is -2.41. The maximum Gasteiger partial charge on any atom is 0.133 e. The van der Waals surface area contributed by atoms with Crippen LogP contribution in [0, 0.1) is 5.41 Å². The first-order chi connectivity index (χ1) is 10.2. The second-order valence-electron chi connectivity index (χ2n) is 6.76. The molecule has 0 amide bonds. The molecular formula is C17H26BrN3. The minimum Gasteiger partial charge on any atom is -0.356 e. The van der Waals surface area contributed by atoms with Gasteiger partial charge in [0.25, 0.3) is 0 Å². The molecule has 3 nitrogen and oxygen atoms in total. The SMILES string of the molecule is CCCc1nc(Br)cc(N2CCC3(CCCCC3)CC2)n1. The maximum atomic E-state index is 4.77. The Bertz CT molecular complexity index is 473. The fourth-order valence-corrected chi connectivity index (χ4v) is 4.37. The molecule has 2 fully saturated rings.